The molecule has 0 radical (unpaired) electrons. The molecule has 0 bridgehead atoms. The highest BCUT2D eigenvalue weighted by Crippen LogP contribution is 2.18. The zero-order valence-electron chi connectivity index (χ0n) is 23.4. The van der Waals surface area contributed by atoms with Crippen LogP contribution in [0, 0.1) is 18.8 Å². The molecule has 2 atom stereocenters. The summed E-state index contributed by atoms with van der Waals surface area (Å²) in [7, 11) is 1.50. The highest BCUT2D eigenvalue weighted by atomic mass is 19.4. The Morgan fingerprint density at radius 1 is 1.09 bits per heavy atom. The van der Waals surface area contributed by atoms with E-state index in [1.54, 1.807) is 0 Å². The number of aryl methyl sites for hydroxylation is 1. The molecule has 1 rings (SSSR count). The van der Waals surface area contributed by atoms with Gasteiger partial charge in [-0.25, -0.2) is 0 Å². The van der Waals surface area contributed by atoms with E-state index in [-0.39, 0.29) is 6.92 Å². The highest BCUT2D eigenvalue weighted by Gasteiger charge is 2.15. The van der Waals surface area contributed by atoms with Crippen molar-refractivity contribution < 1.29 is 13.2 Å². The molecule has 0 fully saturated rings. The molecular formula is C30H47F3N2. The fourth-order valence-corrected chi connectivity index (χ4v) is 2.52. The largest absolute Gasteiger partial charge is 0.386 e. The van der Waals surface area contributed by atoms with Gasteiger partial charge < -0.3 is 5.73 Å². The van der Waals surface area contributed by atoms with Gasteiger partial charge in [0, 0.05) is 18.8 Å². The molecule has 0 aliphatic heterocycles. The molecule has 0 saturated carbocycles. The van der Waals surface area contributed by atoms with Gasteiger partial charge in [-0.15, -0.1) is 6.58 Å². The summed E-state index contributed by atoms with van der Waals surface area (Å²) >= 11 is 0. The SMILES string of the molecule is C=CC(C)/C=C(\C=C/C)C(C)\C=C/C(C)=N\C=C(/C)c1cccc(C)c1.CC.CC(F)(F)F.CN. The number of benzene rings is 1. The zero-order chi connectivity index (χ0) is 28.0. The van der Waals surface area contributed by atoms with Gasteiger partial charge in [-0.2, -0.15) is 13.2 Å². The Morgan fingerprint density at radius 3 is 2.09 bits per heavy atom. The standard InChI is InChI=1S/C25H33N.C2H3F3.C2H6.CH5N/c1-8-11-24(16-19(3)9-2)21(5)14-15-23(7)26-18-22(6)25-13-10-12-20(4)17-25;1-2(3,4)5;2*1-2/h8-19,21H,2H2,1,3-7H3;1H3;1-2H3;2H2,1H3/b11-8-,15-14-,22-18+,24-16+,26-23-;;;. The number of halogens is 3. The summed E-state index contributed by atoms with van der Waals surface area (Å²) in [5.74, 6) is 0.701. The lowest BCUT2D eigenvalue weighted by Gasteiger charge is -2.10. The second kappa shape index (κ2) is 21.8. The van der Waals surface area contributed by atoms with Crippen LogP contribution in [0.3, 0.4) is 0 Å². The third-order valence-electron chi connectivity index (χ3n) is 4.27. The van der Waals surface area contributed by atoms with Gasteiger partial charge in [0.15, 0.2) is 0 Å². The van der Waals surface area contributed by atoms with Crippen molar-refractivity contribution in [3.63, 3.8) is 0 Å². The van der Waals surface area contributed by atoms with Crippen molar-refractivity contribution in [2.45, 2.75) is 68.5 Å². The van der Waals surface area contributed by atoms with Crippen molar-refractivity contribution in [3.05, 3.63) is 90.2 Å². The minimum atomic E-state index is -4.00. The molecular weight excluding hydrogens is 445 g/mol. The van der Waals surface area contributed by atoms with Crippen molar-refractivity contribution >= 4 is 11.3 Å². The normalized spacial score (nSPS) is 14.2. The Kier molecular flexibility index (Phi) is 23.0. The maximum Gasteiger partial charge on any atom is 0.386 e. The molecule has 0 aliphatic carbocycles. The number of hydrogen-bond acceptors (Lipinski definition) is 2. The van der Waals surface area contributed by atoms with E-state index < -0.39 is 6.18 Å². The Labute approximate surface area is 212 Å². The molecule has 0 heterocycles. The van der Waals surface area contributed by atoms with Crippen LogP contribution in [-0.4, -0.2) is 18.9 Å². The van der Waals surface area contributed by atoms with E-state index in [4.69, 9.17) is 0 Å². The Bertz CT molecular complexity index is 835. The topological polar surface area (TPSA) is 38.4 Å². The summed E-state index contributed by atoms with van der Waals surface area (Å²) in [6, 6.07) is 8.50. The predicted molar refractivity (Wildman–Crippen MR) is 152 cm³/mol. The summed E-state index contributed by atoms with van der Waals surface area (Å²) in [5.41, 5.74) is 10.5. The van der Waals surface area contributed by atoms with Crippen molar-refractivity contribution in [2.75, 3.05) is 7.05 Å². The lowest BCUT2D eigenvalue weighted by molar-refractivity contribution is -0.110. The van der Waals surface area contributed by atoms with Crippen molar-refractivity contribution in [1.82, 2.24) is 0 Å². The highest BCUT2D eigenvalue weighted by molar-refractivity contribution is 5.93. The Morgan fingerprint density at radius 2 is 1.63 bits per heavy atom. The molecule has 0 aromatic heterocycles. The number of aliphatic imine (C=N–C) groups is 1. The molecule has 35 heavy (non-hydrogen) atoms. The maximum atomic E-state index is 10.4. The predicted octanol–water partition coefficient (Wildman–Crippen LogP) is 9.50. The first-order valence-corrected chi connectivity index (χ1v) is 11.9. The lowest BCUT2D eigenvalue weighted by Crippen LogP contribution is -1.97. The molecule has 5 heteroatoms. The molecule has 0 aliphatic rings. The van der Waals surface area contributed by atoms with Crippen LogP contribution < -0.4 is 5.73 Å². The van der Waals surface area contributed by atoms with E-state index in [0.717, 1.165) is 5.71 Å². The molecule has 1 aromatic carbocycles. The van der Waals surface area contributed by atoms with Gasteiger partial charge >= 0.3 is 6.18 Å². The Balaban J connectivity index is -0.000000987. The molecule has 2 nitrogen and oxygen atoms in total. The van der Waals surface area contributed by atoms with Gasteiger partial charge in [0.1, 0.15) is 0 Å². The van der Waals surface area contributed by atoms with E-state index in [1.165, 1.54) is 29.3 Å². The molecule has 2 unspecified atom stereocenters. The number of hydrogen-bond donors (Lipinski definition) is 1. The summed E-state index contributed by atoms with van der Waals surface area (Å²) < 4.78 is 31.1. The third kappa shape index (κ3) is 22.9. The van der Waals surface area contributed by atoms with E-state index in [1.807, 2.05) is 33.0 Å². The summed E-state index contributed by atoms with van der Waals surface area (Å²) in [6.45, 7) is 20.7. The first-order valence-electron chi connectivity index (χ1n) is 11.9. The van der Waals surface area contributed by atoms with Crippen molar-refractivity contribution in [1.29, 1.82) is 0 Å². The van der Waals surface area contributed by atoms with Crippen LogP contribution in [-0.2, 0) is 0 Å². The summed E-state index contributed by atoms with van der Waals surface area (Å²) in [4.78, 5) is 4.60. The van der Waals surface area contributed by atoms with Crippen molar-refractivity contribution in [2.24, 2.45) is 22.6 Å². The number of rotatable bonds is 8. The minimum absolute atomic E-state index is 0.188. The zero-order valence-corrected chi connectivity index (χ0v) is 23.4. The van der Waals surface area contributed by atoms with Crippen LogP contribution in [0.25, 0.3) is 5.57 Å². The third-order valence-corrected chi connectivity index (χ3v) is 4.27. The number of nitrogens with two attached hydrogens (primary N) is 1. The second-order valence-corrected chi connectivity index (χ2v) is 7.64. The molecule has 0 amide bonds. The van der Waals surface area contributed by atoms with E-state index in [0.29, 0.717) is 11.8 Å². The van der Waals surface area contributed by atoms with Gasteiger partial charge in [0.2, 0.25) is 0 Å². The monoisotopic (exact) mass is 492 g/mol. The number of alkyl halides is 3. The van der Waals surface area contributed by atoms with Gasteiger partial charge in [-0.05, 0) is 69.4 Å². The molecule has 1 aromatic rings. The average molecular weight is 493 g/mol. The van der Waals surface area contributed by atoms with Crippen molar-refractivity contribution in [3.8, 4) is 0 Å². The number of allylic oxidation sites excluding steroid dienone is 8. The van der Waals surface area contributed by atoms with Crippen LogP contribution >= 0.6 is 0 Å². The van der Waals surface area contributed by atoms with Crippen LogP contribution in [0.15, 0.2) is 84.1 Å². The quantitative estimate of drug-likeness (QED) is 0.219. The van der Waals surface area contributed by atoms with E-state index in [9.17, 15) is 13.2 Å². The first kappa shape index (κ1) is 36.9. The molecule has 198 valence electrons. The molecule has 0 saturated heterocycles. The van der Waals surface area contributed by atoms with Crippen LogP contribution in [0.4, 0.5) is 13.2 Å². The Hall–Kier alpha value is -2.66. The van der Waals surface area contributed by atoms with E-state index >= 15 is 0 Å². The summed E-state index contributed by atoms with van der Waals surface area (Å²) in [6.07, 6.45) is 10.7. The van der Waals surface area contributed by atoms with E-state index in [2.05, 4.69) is 107 Å². The fraction of sp³-hybridized carbons (Fsp3) is 0.433. The van der Waals surface area contributed by atoms with Crippen LogP contribution in [0.1, 0.15) is 66.5 Å². The lowest BCUT2D eigenvalue weighted by atomic mass is 9.95. The first-order chi connectivity index (χ1) is 16.4. The minimum Gasteiger partial charge on any atom is -0.333 e. The van der Waals surface area contributed by atoms with Crippen LogP contribution in [0.5, 0.6) is 0 Å². The van der Waals surface area contributed by atoms with Gasteiger partial charge in [-0.1, -0.05) is 87.9 Å². The van der Waals surface area contributed by atoms with Crippen LogP contribution in [0.2, 0.25) is 0 Å². The summed E-state index contributed by atoms with van der Waals surface area (Å²) in [5, 5.41) is 0. The maximum absolute atomic E-state index is 10.4. The molecule has 0 spiro atoms. The second-order valence-electron chi connectivity index (χ2n) is 7.64. The number of nitrogens with zero attached hydrogens (tertiary/aromatic N) is 1. The smallest absolute Gasteiger partial charge is 0.333 e. The molecule has 2 N–H and O–H groups in total. The fourth-order valence-electron chi connectivity index (χ4n) is 2.52. The average Bonchev–Trinajstić information content (AvgIpc) is 2.82. The van der Waals surface area contributed by atoms with Gasteiger partial charge in [-0.3, -0.25) is 4.99 Å². The van der Waals surface area contributed by atoms with Gasteiger partial charge in [0.05, 0.1) is 0 Å². The van der Waals surface area contributed by atoms with Gasteiger partial charge in [0.25, 0.3) is 0 Å².